The number of carbonyl (C=O) groups is 3. The van der Waals surface area contributed by atoms with Gasteiger partial charge in [0.25, 0.3) is 0 Å². The predicted octanol–water partition coefficient (Wildman–Crippen LogP) is 0.494. The van der Waals surface area contributed by atoms with Crippen molar-refractivity contribution < 1.29 is 19.5 Å². The Kier molecular flexibility index (Phi) is 7.41. The van der Waals surface area contributed by atoms with Crippen LogP contribution in [0.5, 0.6) is 0 Å². The number of allylic oxidation sites excluding steroid dienone is 1. The third-order valence-electron chi connectivity index (χ3n) is 2.11. The molecule has 0 saturated carbocycles. The molecule has 0 fully saturated rings. The minimum atomic E-state index is -1.14. The third-order valence-corrected chi connectivity index (χ3v) is 2.11. The summed E-state index contributed by atoms with van der Waals surface area (Å²) in [6.45, 7) is 0.105. The molecule has 0 aromatic carbocycles. The normalized spacial score (nSPS) is 12.1. The average molecular weight is 242 g/mol. The number of likely N-dealkylation sites (N-methyl/N-ethyl adjacent to an activating group) is 1. The monoisotopic (exact) mass is 242 g/mol. The van der Waals surface area contributed by atoms with Gasteiger partial charge in [-0.05, 0) is 18.9 Å². The number of amides is 2. The minimum Gasteiger partial charge on any atom is -0.465 e. The lowest BCUT2D eigenvalue weighted by molar-refractivity contribution is -0.123. The quantitative estimate of drug-likeness (QED) is 0.502. The second-order valence-electron chi connectivity index (χ2n) is 3.79. The van der Waals surface area contributed by atoms with Crippen LogP contribution in [0.1, 0.15) is 12.8 Å². The van der Waals surface area contributed by atoms with Gasteiger partial charge in [0.15, 0.2) is 0 Å². The summed E-state index contributed by atoms with van der Waals surface area (Å²) in [7, 11) is 3.30. The highest BCUT2D eigenvalue weighted by atomic mass is 16.4. The van der Waals surface area contributed by atoms with Crippen LogP contribution in [0, 0.1) is 5.92 Å². The number of carboxylic acid groups (broad SMARTS) is 1. The van der Waals surface area contributed by atoms with Gasteiger partial charge in [-0.2, -0.15) is 0 Å². The molecule has 1 atom stereocenters. The fraction of sp³-hybridized carbons (Fsp3) is 0.545. The van der Waals surface area contributed by atoms with Crippen molar-refractivity contribution in [3.8, 4) is 0 Å². The summed E-state index contributed by atoms with van der Waals surface area (Å²) in [6.07, 6.45) is 3.77. The molecule has 0 heterocycles. The minimum absolute atomic E-state index is 0.105. The molecule has 2 N–H and O–H groups in total. The lowest BCUT2D eigenvalue weighted by Crippen LogP contribution is -2.28. The molecule has 0 saturated heterocycles. The zero-order valence-electron chi connectivity index (χ0n) is 10.0. The molecular weight excluding hydrogens is 224 g/mol. The second-order valence-corrected chi connectivity index (χ2v) is 3.79. The van der Waals surface area contributed by atoms with Crippen LogP contribution in [0.3, 0.4) is 0 Å². The Morgan fingerprint density at radius 2 is 2.06 bits per heavy atom. The van der Waals surface area contributed by atoms with E-state index in [1.54, 1.807) is 20.2 Å². The van der Waals surface area contributed by atoms with Crippen molar-refractivity contribution in [2.24, 2.45) is 5.92 Å². The maximum Gasteiger partial charge on any atom is 0.404 e. The molecule has 0 aromatic rings. The Morgan fingerprint density at radius 3 is 2.53 bits per heavy atom. The summed E-state index contributed by atoms with van der Waals surface area (Å²) in [5.41, 5.74) is 0. The topological polar surface area (TPSA) is 86.7 Å². The van der Waals surface area contributed by atoms with Gasteiger partial charge in [-0.25, -0.2) is 4.79 Å². The van der Waals surface area contributed by atoms with Crippen LogP contribution < -0.4 is 5.32 Å². The summed E-state index contributed by atoms with van der Waals surface area (Å²) in [5.74, 6) is -0.471. The molecule has 6 heteroatoms. The van der Waals surface area contributed by atoms with Crippen molar-refractivity contribution in [3.63, 3.8) is 0 Å². The molecule has 0 bridgehead atoms. The second kappa shape index (κ2) is 8.32. The first kappa shape index (κ1) is 15.2. The maximum absolute atomic E-state index is 11.2. The number of carbonyl (C=O) groups excluding carboxylic acids is 2. The first-order valence-electron chi connectivity index (χ1n) is 5.27. The van der Waals surface area contributed by atoms with Gasteiger partial charge in [-0.15, -0.1) is 0 Å². The molecule has 0 radical (unpaired) electrons. The van der Waals surface area contributed by atoms with E-state index in [0.29, 0.717) is 12.8 Å². The van der Waals surface area contributed by atoms with Crippen molar-refractivity contribution in [1.29, 1.82) is 0 Å². The van der Waals surface area contributed by atoms with E-state index in [1.165, 1.54) is 11.0 Å². The fourth-order valence-electron chi connectivity index (χ4n) is 1.08. The molecule has 0 aliphatic heterocycles. The van der Waals surface area contributed by atoms with Gasteiger partial charge >= 0.3 is 6.09 Å². The summed E-state index contributed by atoms with van der Waals surface area (Å²) in [4.78, 5) is 33.4. The van der Waals surface area contributed by atoms with Crippen molar-refractivity contribution >= 4 is 18.3 Å². The first-order chi connectivity index (χ1) is 7.97. The highest BCUT2D eigenvalue weighted by molar-refractivity contribution is 5.87. The van der Waals surface area contributed by atoms with E-state index < -0.39 is 6.09 Å². The van der Waals surface area contributed by atoms with Crippen LogP contribution in [-0.4, -0.2) is 48.9 Å². The summed E-state index contributed by atoms with van der Waals surface area (Å²) in [5, 5.41) is 10.5. The number of aldehydes is 1. The molecule has 96 valence electrons. The van der Waals surface area contributed by atoms with E-state index >= 15 is 0 Å². The summed E-state index contributed by atoms with van der Waals surface area (Å²) in [6, 6.07) is 0. The lowest BCUT2D eigenvalue weighted by atomic mass is 10.1. The summed E-state index contributed by atoms with van der Waals surface area (Å²) < 4.78 is 0. The van der Waals surface area contributed by atoms with Crippen molar-refractivity contribution in [1.82, 2.24) is 10.2 Å². The lowest BCUT2D eigenvalue weighted by Gasteiger charge is -2.08. The van der Waals surface area contributed by atoms with Crippen molar-refractivity contribution in [2.45, 2.75) is 12.8 Å². The molecule has 0 aliphatic carbocycles. The third kappa shape index (κ3) is 8.01. The van der Waals surface area contributed by atoms with E-state index in [9.17, 15) is 14.4 Å². The summed E-state index contributed by atoms with van der Waals surface area (Å²) >= 11 is 0. The first-order valence-corrected chi connectivity index (χ1v) is 5.27. The molecule has 0 unspecified atom stereocenters. The standard InChI is InChI=1S/C11H18N2O4/c1-13(2)10(15)6-4-3-5-9(8-14)7-12-11(16)17/h4,6,8-9,12H,3,5,7H2,1-2H3,(H,16,17)/b6-4+/t9-/m0/s1. The van der Waals surface area contributed by atoms with Gasteiger partial charge in [0.2, 0.25) is 5.91 Å². The Labute approximate surface area is 100 Å². The van der Waals surface area contributed by atoms with Gasteiger partial charge in [-0.1, -0.05) is 6.08 Å². The SMILES string of the molecule is CN(C)C(=O)/C=C/CC[C@H](C=O)CNC(=O)O. The zero-order valence-corrected chi connectivity index (χ0v) is 10.0. The number of rotatable bonds is 7. The fourth-order valence-corrected chi connectivity index (χ4v) is 1.08. The Balaban J connectivity index is 3.87. The zero-order chi connectivity index (χ0) is 13.3. The molecule has 6 nitrogen and oxygen atoms in total. The van der Waals surface area contributed by atoms with Crippen molar-refractivity contribution in [2.75, 3.05) is 20.6 Å². The van der Waals surface area contributed by atoms with Crippen molar-refractivity contribution in [3.05, 3.63) is 12.2 Å². The van der Waals surface area contributed by atoms with Gasteiger partial charge in [0.1, 0.15) is 6.29 Å². The van der Waals surface area contributed by atoms with Crippen LogP contribution in [0.2, 0.25) is 0 Å². The molecule has 17 heavy (non-hydrogen) atoms. The number of nitrogens with one attached hydrogen (secondary N) is 1. The van der Waals surface area contributed by atoms with E-state index in [2.05, 4.69) is 5.32 Å². The van der Waals surface area contributed by atoms with Crippen LogP contribution in [0.15, 0.2) is 12.2 Å². The highest BCUT2D eigenvalue weighted by Crippen LogP contribution is 2.03. The van der Waals surface area contributed by atoms with Gasteiger partial charge in [0, 0.05) is 26.6 Å². The van der Waals surface area contributed by atoms with E-state index in [-0.39, 0.29) is 18.4 Å². The van der Waals surface area contributed by atoms with E-state index in [0.717, 1.165) is 6.29 Å². The van der Waals surface area contributed by atoms with Crippen LogP contribution in [0.4, 0.5) is 4.79 Å². The average Bonchev–Trinajstić information content (AvgIpc) is 2.27. The van der Waals surface area contributed by atoms with Crippen LogP contribution in [0.25, 0.3) is 0 Å². The molecule has 0 aliphatic rings. The van der Waals surface area contributed by atoms with E-state index in [1.807, 2.05) is 0 Å². The van der Waals surface area contributed by atoms with E-state index in [4.69, 9.17) is 5.11 Å². The van der Waals surface area contributed by atoms with Gasteiger partial charge < -0.3 is 20.1 Å². The number of hydrogen-bond acceptors (Lipinski definition) is 3. The maximum atomic E-state index is 11.2. The molecule has 0 aromatic heterocycles. The van der Waals surface area contributed by atoms with Gasteiger partial charge in [0.05, 0.1) is 0 Å². The predicted molar refractivity (Wildman–Crippen MR) is 62.6 cm³/mol. The molecule has 0 rings (SSSR count). The number of hydrogen-bond donors (Lipinski definition) is 2. The number of nitrogens with zero attached hydrogens (tertiary/aromatic N) is 1. The Morgan fingerprint density at radius 1 is 1.41 bits per heavy atom. The molecule has 0 spiro atoms. The molecule has 2 amide bonds. The largest absolute Gasteiger partial charge is 0.465 e. The molecular formula is C11H18N2O4. The van der Waals surface area contributed by atoms with Crippen LogP contribution in [-0.2, 0) is 9.59 Å². The van der Waals surface area contributed by atoms with Crippen LogP contribution >= 0.6 is 0 Å². The smallest absolute Gasteiger partial charge is 0.404 e. The Bertz CT molecular complexity index is 300. The Hall–Kier alpha value is -1.85. The van der Waals surface area contributed by atoms with Gasteiger partial charge in [-0.3, -0.25) is 4.79 Å². The highest BCUT2D eigenvalue weighted by Gasteiger charge is 2.07.